The van der Waals surface area contributed by atoms with Crippen molar-refractivity contribution in [2.75, 3.05) is 31.6 Å². The number of hydrogen-bond donors (Lipinski definition) is 1. The summed E-state index contributed by atoms with van der Waals surface area (Å²) in [7, 11) is 2.24. The van der Waals surface area contributed by atoms with Gasteiger partial charge in [-0.15, -0.1) is 0 Å². The number of nitrogens with one attached hydrogen (secondary N) is 1. The molecule has 0 aromatic heterocycles. The monoisotopic (exact) mass is 246 g/mol. The minimum absolute atomic E-state index is 0.845. The van der Waals surface area contributed by atoms with Gasteiger partial charge in [0.25, 0.3) is 0 Å². The molecule has 1 aliphatic heterocycles. The van der Waals surface area contributed by atoms with Crippen LogP contribution in [0, 0.1) is 26.7 Å². The van der Waals surface area contributed by atoms with Crippen LogP contribution in [-0.4, -0.2) is 26.7 Å². The molecule has 1 aliphatic rings. The van der Waals surface area contributed by atoms with Crippen LogP contribution in [0.5, 0.6) is 0 Å². The molecule has 0 radical (unpaired) electrons. The van der Waals surface area contributed by atoms with Crippen molar-refractivity contribution in [2.24, 2.45) is 5.92 Å². The van der Waals surface area contributed by atoms with E-state index in [2.05, 4.69) is 50.2 Å². The first-order valence-electron chi connectivity index (χ1n) is 7.08. The number of piperidine rings is 1. The molecule has 0 aliphatic carbocycles. The minimum atomic E-state index is 0.845. The van der Waals surface area contributed by atoms with Gasteiger partial charge in [-0.3, -0.25) is 0 Å². The quantitative estimate of drug-likeness (QED) is 0.882. The second kappa shape index (κ2) is 5.75. The van der Waals surface area contributed by atoms with Crippen LogP contribution in [0.25, 0.3) is 0 Å². The predicted octanol–water partition coefficient (Wildman–Crippen LogP) is 3.05. The molecule has 0 unspecified atom stereocenters. The Kier molecular flexibility index (Phi) is 4.28. The van der Waals surface area contributed by atoms with Crippen LogP contribution in [0.4, 0.5) is 5.69 Å². The van der Waals surface area contributed by atoms with Crippen molar-refractivity contribution >= 4 is 5.69 Å². The molecule has 1 aromatic rings. The van der Waals surface area contributed by atoms with Gasteiger partial charge in [0.1, 0.15) is 0 Å². The Bertz CT molecular complexity index is 406. The highest BCUT2D eigenvalue weighted by atomic mass is 15.1. The molecule has 100 valence electrons. The van der Waals surface area contributed by atoms with Gasteiger partial charge in [0.15, 0.2) is 0 Å². The lowest BCUT2D eigenvalue weighted by Crippen LogP contribution is -2.34. The van der Waals surface area contributed by atoms with Gasteiger partial charge in [0.2, 0.25) is 0 Å². The molecular formula is C16H26N2. The fourth-order valence-electron chi connectivity index (χ4n) is 2.91. The lowest BCUT2D eigenvalue weighted by Gasteiger charge is -2.30. The maximum Gasteiger partial charge on any atom is 0.0396 e. The van der Waals surface area contributed by atoms with E-state index in [9.17, 15) is 0 Å². The van der Waals surface area contributed by atoms with Crippen LogP contribution in [0.1, 0.15) is 29.5 Å². The molecule has 1 saturated heterocycles. The third-order valence-corrected chi connectivity index (χ3v) is 4.43. The van der Waals surface area contributed by atoms with Crippen LogP contribution < -0.4 is 10.2 Å². The molecule has 2 rings (SSSR count). The van der Waals surface area contributed by atoms with Gasteiger partial charge in [-0.1, -0.05) is 6.07 Å². The van der Waals surface area contributed by atoms with Crippen molar-refractivity contribution in [3.63, 3.8) is 0 Å². The lowest BCUT2D eigenvalue weighted by atomic mass is 9.96. The predicted molar refractivity (Wildman–Crippen MR) is 79.5 cm³/mol. The summed E-state index contributed by atoms with van der Waals surface area (Å²) in [6, 6.07) is 4.52. The molecular weight excluding hydrogens is 220 g/mol. The number of hydrogen-bond acceptors (Lipinski definition) is 2. The summed E-state index contributed by atoms with van der Waals surface area (Å²) in [6.07, 6.45) is 2.63. The summed E-state index contributed by atoms with van der Waals surface area (Å²) in [5.41, 5.74) is 5.67. The van der Waals surface area contributed by atoms with E-state index in [0.29, 0.717) is 0 Å². The van der Waals surface area contributed by atoms with Gasteiger partial charge in [-0.2, -0.15) is 0 Å². The Balaban J connectivity index is 2.08. The Morgan fingerprint density at radius 1 is 1.11 bits per heavy atom. The van der Waals surface area contributed by atoms with Crippen molar-refractivity contribution in [2.45, 2.75) is 33.6 Å². The molecule has 1 aromatic carbocycles. The molecule has 2 nitrogen and oxygen atoms in total. The van der Waals surface area contributed by atoms with E-state index in [4.69, 9.17) is 0 Å². The molecule has 1 heterocycles. The molecule has 2 heteroatoms. The van der Waals surface area contributed by atoms with Gasteiger partial charge in [0, 0.05) is 19.3 Å². The Hall–Kier alpha value is -1.02. The molecule has 1 N–H and O–H groups in total. The SMILES string of the molecule is Cc1ccc(N(C)CC2CCNCC2)c(C)c1C. The maximum absolute atomic E-state index is 3.44. The standard InChI is InChI=1S/C16H26N2/c1-12-5-6-16(14(3)13(12)2)18(4)11-15-7-9-17-10-8-15/h5-6,15,17H,7-11H2,1-4H3. The average Bonchev–Trinajstić information content (AvgIpc) is 2.37. The summed E-state index contributed by atoms with van der Waals surface area (Å²) in [6.45, 7) is 10.2. The number of anilines is 1. The summed E-state index contributed by atoms with van der Waals surface area (Å²) < 4.78 is 0. The summed E-state index contributed by atoms with van der Waals surface area (Å²) in [5, 5.41) is 3.44. The van der Waals surface area contributed by atoms with Gasteiger partial charge in [-0.25, -0.2) is 0 Å². The van der Waals surface area contributed by atoms with Crippen LogP contribution in [-0.2, 0) is 0 Å². The molecule has 18 heavy (non-hydrogen) atoms. The third-order valence-electron chi connectivity index (χ3n) is 4.43. The first kappa shape index (κ1) is 13.4. The first-order chi connectivity index (χ1) is 8.59. The molecule has 0 amide bonds. The van der Waals surface area contributed by atoms with Gasteiger partial charge in [-0.05, 0) is 75.4 Å². The fraction of sp³-hybridized carbons (Fsp3) is 0.625. The lowest BCUT2D eigenvalue weighted by molar-refractivity contribution is 0.378. The summed E-state index contributed by atoms with van der Waals surface area (Å²) in [4.78, 5) is 2.44. The Morgan fingerprint density at radius 2 is 1.78 bits per heavy atom. The van der Waals surface area contributed by atoms with Crippen LogP contribution in [0.3, 0.4) is 0 Å². The smallest absolute Gasteiger partial charge is 0.0396 e. The van der Waals surface area contributed by atoms with E-state index < -0.39 is 0 Å². The van der Waals surface area contributed by atoms with Gasteiger partial charge < -0.3 is 10.2 Å². The third kappa shape index (κ3) is 2.86. The fourth-order valence-corrected chi connectivity index (χ4v) is 2.91. The van der Waals surface area contributed by atoms with E-state index >= 15 is 0 Å². The van der Waals surface area contributed by atoms with Crippen molar-refractivity contribution in [1.82, 2.24) is 5.32 Å². The zero-order valence-electron chi connectivity index (χ0n) is 12.2. The van der Waals surface area contributed by atoms with Gasteiger partial charge >= 0.3 is 0 Å². The number of benzene rings is 1. The largest absolute Gasteiger partial charge is 0.374 e. The second-order valence-corrected chi connectivity index (χ2v) is 5.73. The number of nitrogens with zero attached hydrogens (tertiary/aromatic N) is 1. The van der Waals surface area contributed by atoms with Crippen molar-refractivity contribution < 1.29 is 0 Å². The summed E-state index contributed by atoms with van der Waals surface area (Å²) >= 11 is 0. The van der Waals surface area contributed by atoms with Crippen LogP contribution >= 0.6 is 0 Å². The van der Waals surface area contributed by atoms with E-state index in [0.717, 1.165) is 5.92 Å². The minimum Gasteiger partial charge on any atom is -0.374 e. The number of aryl methyl sites for hydroxylation is 1. The maximum atomic E-state index is 3.44. The molecule has 0 saturated carbocycles. The van der Waals surface area contributed by atoms with Gasteiger partial charge in [0.05, 0.1) is 0 Å². The van der Waals surface area contributed by atoms with E-state index in [-0.39, 0.29) is 0 Å². The number of rotatable bonds is 3. The first-order valence-corrected chi connectivity index (χ1v) is 7.08. The summed E-state index contributed by atoms with van der Waals surface area (Å²) in [5.74, 6) is 0.845. The zero-order chi connectivity index (χ0) is 13.1. The van der Waals surface area contributed by atoms with E-state index in [1.54, 1.807) is 0 Å². The molecule has 1 fully saturated rings. The Morgan fingerprint density at radius 3 is 2.44 bits per heavy atom. The average molecular weight is 246 g/mol. The van der Waals surface area contributed by atoms with Crippen LogP contribution in [0.2, 0.25) is 0 Å². The second-order valence-electron chi connectivity index (χ2n) is 5.73. The molecule has 0 bridgehead atoms. The molecule has 0 spiro atoms. The van der Waals surface area contributed by atoms with Crippen LogP contribution in [0.15, 0.2) is 12.1 Å². The normalized spacial score (nSPS) is 16.9. The molecule has 0 atom stereocenters. The van der Waals surface area contributed by atoms with Crippen molar-refractivity contribution in [1.29, 1.82) is 0 Å². The zero-order valence-corrected chi connectivity index (χ0v) is 12.2. The highest BCUT2D eigenvalue weighted by molar-refractivity contribution is 5.57. The highest BCUT2D eigenvalue weighted by Gasteiger charge is 2.16. The topological polar surface area (TPSA) is 15.3 Å². The van der Waals surface area contributed by atoms with E-state index in [1.807, 2.05) is 0 Å². The Labute approximate surface area is 111 Å². The highest BCUT2D eigenvalue weighted by Crippen LogP contribution is 2.26. The van der Waals surface area contributed by atoms with Crippen molar-refractivity contribution in [3.8, 4) is 0 Å². The van der Waals surface area contributed by atoms with E-state index in [1.165, 1.54) is 54.9 Å². The van der Waals surface area contributed by atoms with Crippen molar-refractivity contribution in [3.05, 3.63) is 28.8 Å².